The fourth-order valence-corrected chi connectivity index (χ4v) is 3.26. The molecule has 1 rings (SSSR count). The summed E-state index contributed by atoms with van der Waals surface area (Å²) in [7, 11) is -3.69. The van der Waals surface area contributed by atoms with E-state index in [1.54, 1.807) is 0 Å². The van der Waals surface area contributed by atoms with Gasteiger partial charge in [0.25, 0.3) is 0 Å². The first-order valence-electron chi connectivity index (χ1n) is 6.58. The average Bonchev–Trinajstić information content (AvgIpc) is 2.35. The molecule has 0 aliphatic carbocycles. The highest BCUT2D eigenvalue weighted by Crippen LogP contribution is 2.19. The van der Waals surface area contributed by atoms with Gasteiger partial charge in [-0.1, -0.05) is 13.8 Å². The minimum absolute atomic E-state index is 0.0226. The Hall–Kier alpha value is -1.58. The minimum Gasteiger partial charge on any atom is -0.399 e. The van der Waals surface area contributed by atoms with Crippen LogP contribution in [0.3, 0.4) is 0 Å². The van der Waals surface area contributed by atoms with Crippen molar-refractivity contribution in [1.82, 2.24) is 4.72 Å². The van der Waals surface area contributed by atoms with Crippen molar-refractivity contribution in [3.05, 3.63) is 23.8 Å². The molecule has 5 nitrogen and oxygen atoms in total. The van der Waals surface area contributed by atoms with Crippen LogP contribution in [0, 0.1) is 17.2 Å². The first-order chi connectivity index (χ1) is 9.26. The van der Waals surface area contributed by atoms with Gasteiger partial charge < -0.3 is 5.73 Å². The molecule has 3 N–H and O–H groups in total. The van der Waals surface area contributed by atoms with Gasteiger partial charge in [0, 0.05) is 11.7 Å². The molecule has 1 aromatic carbocycles. The molecule has 0 fully saturated rings. The largest absolute Gasteiger partial charge is 0.399 e. The predicted octanol–water partition coefficient (Wildman–Crippen LogP) is 2.24. The molecule has 0 heterocycles. The number of anilines is 1. The smallest absolute Gasteiger partial charge is 0.242 e. The third-order valence-electron chi connectivity index (χ3n) is 2.95. The first kappa shape index (κ1) is 16.5. The Morgan fingerprint density at radius 2 is 1.95 bits per heavy atom. The number of nitrogens with one attached hydrogen (secondary N) is 1. The van der Waals surface area contributed by atoms with Gasteiger partial charge in [0.05, 0.1) is 10.5 Å². The number of nitrogen functional groups attached to an aromatic ring is 1. The Balaban J connectivity index is 2.92. The van der Waals surface area contributed by atoms with E-state index in [2.05, 4.69) is 18.6 Å². The van der Waals surface area contributed by atoms with Crippen molar-refractivity contribution in [3.63, 3.8) is 0 Å². The van der Waals surface area contributed by atoms with Gasteiger partial charge in [-0.3, -0.25) is 0 Å². The van der Waals surface area contributed by atoms with Gasteiger partial charge in [-0.2, -0.15) is 5.26 Å². The van der Waals surface area contributed by atoms with Crippen molar-refractivity contribution in [3.8, 4) is 6.07 Å². The predicted molar refractivity (Wildman–Crippen MR) is 79.4 cm³/mol. The van der Waals surface area contributed by atoms with E-state index in [1.807, 2.05) is 13.0 Å². The maximum atomic E-state index is 12.3. The Bertz CT molecular complexity index is 603. The number of sulfonamides is 1. The second-order valence-electron chi connectivity index (χ2n) is 5.36. The number of hydrogen-bond donors (Lipinski definition) is 2. The standard InChI is InChI=1S/C14H21N3O2S/c1-10(2)4-5-11(3)17-20(18,19)14-7-6-13(16)8-12(14)9-15/h6-8,10-11,17H,4-5,16H2,1-3H3. The van der Waals surface area contributed by atoms with E-state index in [1.165, 1.54) is 18.2 Å². The number of rotatable bonds is 6. The first-order valence-corrected chi connectivity index (χ1v) is 8.06. The molecule has 0 aromatic heterocycles. The highest BCUT2D eigenvalue weighted by molar-refractivity contribution is 7.89. The van der Waals surface area contributed by atoms with Gasteiger partial charge in [0.15, 0.2) is 0 Å². The molecule has 1 atom stereocenters. The summed E-state index contributed by atoms with van der Waals surface area (Å²) in [6.07, 6.45) is 1.70. The van der Waals surface area contributed by atoms with Crippen LogP contribution in [0.2, 0.25) is 0 Å². The van der Waals surface area contributed by atoms with E-state index in [4.69, 9.17) is 11.0 Å². The molecule has 1 unspecified atom stereocenters. The molecule has 0 bridgehead atoms. The lowest BCUT2D eigenvalue weighted by Gasteiger charge is -2.16. The number of benzene rings is 1. The van der Waals surface area contributed by atoms with Crippen molar-refractivity contribution >= 4 is 15.7 Å². The SMILES string of the molecule is CC(C)CCC(C)NS(=O)(=O)c1ccc(N)cc1C#N. The van der Waals surface area contributed by atoms with Crippen LogP contribution < -0.4 is 10.5 Å². The van der Waals surface area contributed by atoms with Crippen molar-refractivity contribution < 1.29 is 8.42 Å². The van der Waals surface area contributed by atoms with Crippen LogP contribution >= 0.6 is 0 Å². The van der Waals surface area contributed by atoms with Gasteiger partial charge >= 0.3 is 0 Å². The van der Waals surface area contributed by atoms with Crippen LogP contribution in [0.5, 0.6) is 0 Å². The highest BCUT2D eigenvalue weighted by atomic mass is 32.2. The molecule has 0 spiro atoms. The van der Waals surface area contributed by atoms with Gasteiger partial charge in [-0.15, -0.1) is 0 Å². The number of nitriles is 1. The third kappa shape index (κ3) is 4.51. The fraction of sp³-hybridized carbons (Fsp3) is 0.500. The number of nitrogens with zero attached hydrogens (tertiary/aromatic N) is 1. The van der Waals surface area contributed by atoms with Gasteiger partial charge in [-0.05, 0) is 43.9 Å². The average molecular weight is 295 g/mol. The Labute approximate surface area is 120 Å². The van der Waals surface area contributed by atoms with E-state index in [9.17, 15) is 8.42 Å². The summed E-state index contributed by atoms with van der Waals surface area (Å²) >= 11 is 0. The van der Waals surface area contributed by atoms with Crippen LogP contribution in [-0.4, -0.2) is 14.5 Å². The summed E-state index contributed by atoms with van der Waals surface area (Å²) in [5, 5.41) is 9.02. The van der Waals surface area contributed by atoms with Crippen LogP contribution in [-0.2, 0) is 10.0 Å². The summed E-state index contributed by atoms with van der Waals surface area (Å²) in [6, 6.07) is 5.91. The topological polar surface area (TPSA) is 96.0 Å². The Morgan fingerprint density at radius 3 is 2.50 bits per heavy atom. The second-order valence-corrected chi connectivity index (χ2v) is 7.04. The highest BCUT2D eigenvalue weighted by Gasteiger charge is 2.21. The molecule has 0 saturated carbocycles. The zero-order valence-electron chi connectivity index (χ0n) is 12.1. The zero-order chi connectivity index (χ0) is 15.3. The molecule has 0 radical (unpaired) electrons. The molecule has 1 aromatic rings. The maximum absolute atomic E-state index is 12.3. The number of hydrogen-bond acceptors (Lipinski definition) is 4. The summed E-state index contributed by atoms with van der Waals surface area (Å²) < 4.78 is 27.2. The Kier molecular flexibility index (Phi) is 5.54. The maximum Gasteiger partial charge on any atom is 0.242 e. The molecular weight excluding hydrogens is 274 g/mol. The van der Waals surface area contributed by atoms with Gasteiger partial charge in [-0.25, -0.2) is 13.1 Å². The van der Waals surface area contributed by atoms with Crippen LogP contribution in [0.25, 0.3) is 0 Å². The molecule has 6 heteroatoms. The minimum atomic E-state index is -3.69. The van der Waals surface area contributed by atoms with Gasteiger partial charge in [0.2, 0.25) is 10.0 Å². The lowest BCUT2D eigenvalue weighted by molar-refractivity contribution is 0.485. The van der Waals surface area contributed by atoms with Crippen LogP contribution in [0.1, 0.15) is 39.2 Å². The molecule has 0 saturated heterocycles. The van der Waals surface area contributed by atoms with E-state index >= 15 is 0 Å². The Morgan fingerprint density at radius 1 is 1.30 bits per heavy atom. The molecule has 20 heavy (non-hydrogen) atoms. The molecule has 110 valence electrons. The summed E-state index contributed by atoms with van der Waals surface area (Å²) in [5.41, 5.74) is 5.99. The van der Waals surface area contributed by atoms with Crippen molar-refractivity contribution in [1.29, 1.82) is 5.26 Å². The second kappa shape index (κ2) is 6.73. The summed E-state index contributed by atoms with van der Waals surface area (Å²) in [6.45, 7) is 6.01. The third-order valence-corrected chi connectivity index (χ3v) is 4.59. The zero-order valence-corrected chi connectivity index (χ0v) is 12.9. The van der Waals surface area contributed by atoms with Crippen molar-refractivity contribution in [2.75, 3.05) is 5.73 Å². The monoisotopic (exact) mass is 295 g/mol. The van der Waals surface area contributed by atoms with Crippen molar-refractivity contribution in [2.45, 2.75) is 44.6 Å². The van der Waals surface area contributed by atoms with Gasteiger partial charge in [0.1, 0.15) is 6.07 Å². The van der Waals surface area contributed by atoms with Crippen LogP contribution in [0.4, 0.5) is 5.69 Å². The van der Waals surface area contributed by atoms with E-state index in [-0.39, 0.29) is 16.5 Å². The summed E-state index contributed by atoms with van der Waals surface area (Å²) in [5.74, 6) is 0.521. The lowest BCUT2D eigenvalue weighted by Crippen LogP contribution is -2.33. The molecule has 0 aliphatic rings. The van der Waals surface area contributed by atoms with E-state index in [0.29, 0.717) is 11.6 Å². The lowest BCUT2D eigenvalue weighted by atomic mass is 10.1. The van der Waals surface area contributed by atoms with E-state index in [0.717, 1.165) is 12.8 Å². The normalized spacial score (nSPS) is 13.2. The molecular formula is C14H21N3O2S. The summed E-state index contributed by atoms with van der Waals surface area (Å²) in [4.78, 5) is -0.0226. The quantitative estimate of drug-likeness (QED) is 0.787. The van der Waals surface area contributed by atoms with Crippen LogP contribution in [0.15, 0.2) is 23.1 Å². The molecule has 0 aliphatic heterocycles. The molecule has 0 amide bonds. The number of nitrogens with two attached hydrogens (primary N) is 1. The van der Waals surface area contributed by atoms with Crippen molar-refractivity contribution in [2.24, 2.45) is 5.92 Å². The van der Waals surface area contributed by atoms with E-state index < -0.39 is 10.0 Å². The fourth-order valence-electron chi connectivity index (χ4n) is 1.84.